The summed E-state index contributed by atoms with van der Waals surface area (Å²) in [6.07, 6.45) is 3.58. The summed E-state index contributed by atoms with van der Waals surface area (Å²) >= 11 is 1.49. The maximum atomic E-state index is 13.2. The molecule has 0 spiro atoms. The van der Waals surface area contributed by atoms with E-state index in [2.05, 4.69) is 10.3 Å². The number of carbonyl (C=O) groups is 1. The van der Waals surface area contributed by atoms with Crippen LogP contribution in [0.25, 0.3) is 15.4 Å². The number of nitrogens with zero attached hydrogens (tertiary/aromatic N) is 2. The van der Waals surface area contributed by atoms with Crippen LogP contribution >= 0.6 is 11.3 Å². The van der Waals surface area contributed by atoms with Gasteiger partial charge in [0.15, 0.2) is 16.6 Å². The van der Waals surface area contributed by atoms with Gasteiger partial charge in [0.1, 0.15) is 5.69 Å². The molecule has 2 heterocycles. The Morgan fingerprint density at radius 2 is 1.88 bits per heavy atom. The summed E-state index contributed by atoms with van der Waals surface area (Å²) in [6, 6.07) is 13.4. The Labute approximate surface area is 151 Å². The first-order valence-electron chi connectivity index (χ1n) is 7.86. The quantitative estimate of drug-likeness (QED) is 0.584. The fourth-order valence-electron chi connectivity index (χ4n) is 2.56. The monoisotopic (exact) mass is 369 g/mol. The van der Waals surface area contributed by atoms with Crippen molar-refractivity contribution in [2.24, 2.45) is 0 Å². The molecule has 1 N–H and O–H groups in total. The van der Waals surface area contributed by atoms with E-state index in [1.54, 1.807) is 10.6 Å². The highest BCUT2D eigenvalue weighted by molar-refractivity contribution is 7.20. The van der Waals surface area contributed by atoms with Gasteiger partial charge >= 0.3 is 0 Å². The molecule has 0 unspecified atom stereocenters. The molecule has 2 aromatic heterocycles. The normalized spacial score (nSPS) is 11.0. The molecule has 26 heavy (non-hydrogen) atoms. The van der Waals surface area contributed by atoms with Gasteiger partial charge in [0, 0.05) is 18.9 Å². The summed E-state index contributed by atoms with van der Waals surface area (Å²) in [5, 5.41) is 2.66. The number of imidazole rings is 1. The Kier molecular flexibility index (Phi) is 4.22. The first-order valence-corrected chi connectivity index (χ1v) is 8.68. The molecule has 4 aromatic rings. The lowest BCUT2D eigenvalue weighted by Gasteiger charge is -2.04. The van der Waals surface area contributed by atoms with Crippen LogP contribution in [0, 0.1) is 11.6 Å². The highest BCUT2D eigenvalue weighted by Gasteiger charge is 2.14. The van der Waals surface area contributed by atoms with Crippen molar-refractivity contribution < 1.29 is 13.6 Å². The summed E-state index contributed by atoms with van der Waals surface area (Å²) < 4.78 is 27.9. The number of nitrogens with one attached hydrogen (secondary N) is 1. The van der Waals surface area contributed by atoms with E-state index in [1.807, 2.05) is 36.5 Å². The number of thiazole rings is 1. The molecule has 0 aliphatic carbocycles. The Bertz CT molecular complexity index is 1060. The number of rotatable bonds is 4. The maximum Gasteiger partial charge on any atom is 0.271 e. The number of amides is 1. The molecule has 0 aliphatic heterocycles. The third kappa shape index (κ3) is 3.21. The molecule has 0 saturated heterocycles. The summed E-state index contributed by atoms with van der Waals surface area (Å²) in [5.41, 5.74) is 1.84. The van der Waals surface area contributed by atoms with Gasteiger partial charge in [-0.25, -0.2) is 13.8 Å². The Morgan fingerprint density at radius 1 is 1.08 bits per heavy atom. The predicted molar refractivity (Wildman–Crippen MR) is 96.0 cm³/mol. The number of fused-ring (bicyclic) bond motifs is 1. The minimum atomic E-state index is -0.937. The van der Waals surface area contributed by atoms with E-state index in [1.165, 1.54) is 17.4 Å². The van der Waals surface area contributed by atoms with Crippen molar-refractivity contribution in [3.63, 3.8) is 0 Å². The van der Waals surface area contributed by atoms with E-state index in [-0.39, 0.29) is 18.1 Å². The number of benzene rings is 2. The van der Waals surface area contributed by atoms with Gasteiger partial charge in [0.25, 0.3) is 5.91 Å². The second-order valence-electron chi connectivity index (χ2n) is 5.71. The SMILES string of the molecule is O=C(NCc1ccc(F)c(F)c1)c1cn2cc(-c3ccccc3)sc2n1. The molecule has 130 valence electrons. The Morgan fingerprint density at radius 3 is 2.62 bits per heavy atom. The average Bonchev–Trinajstić information content (AvgIpc) is 3.22. The molecule has 0 atom stereocenters. The molecule has 0 aliphatic rings. The average molecular weight is 369 g/mol. The predicted octanol–water partition coefficient (Wildman–Crippen LogP) is 4.27. The maximum absolute atomic E-state index is 13.2. The summed E-state index contributed by atoms with van der Waals surface area (Å²) in [4.78, 5) is 18.3. The van der Waals surface area contributed by atoms with Crippen LogP contribution in [-0.2, 0) is 6.54 Å². The molecular weight excluding hydrogens is 356 g/mol. The topological polar surface area (TPSA) is 46.4 Å². The van der Waals surface area contributed by atoms with Crippen molar-refractivity contribution in [3.05, 3.63) is 83.8 Å². The van der Waals surface area contributed by atoms with Crippen molar-refractivity contribution in [1.82, 2.24) is 14.7 Å². The third-order valence-corrected chi connectivity index (χ3v) is 4.93. The van der Waals surface area contributed by atoms with E-state index in [4.69, 9.17) is 0 Å². The minimum absolute atomic E-state index is 0.0937. The van der Waals surface area contributed by atoms with Crippen molar-refractivity contribution >= 4 is 22.2 Å². The van der Waals surface area contributed by atoms with Gasteiger partial charge in [0.2, 0.25) is 0 Å². The largest absolute Gasteiger partial charge is 0.347 e. The van der Waals surface area contributed by atoms with Crippen molar-refractivity contribution in [1.29, 1.82) is 0 Å². The first-order chi connectivity index (χ1) is 12.6. The molecule has 0 radical (unpaired) electrons. The standard InChI is InChI=1S/C19H13F2N3OS/c20-14-7-6-12(8-15(14)21)9-22-18(25)16-10-24-11-17(26-19(24)23-16)13-4-2-1-3-5-13/h1-8,10-11H,9H2,(H,22,25). The lowest BCUT2D eigenvalue weighted by atomic mass is 10.2. The van der Waals surface area contributed by atoms with E-state index in [0.717, 1.165) is 22.6 Å². The third-order valence-electron chi connectivity index (χ3n) is 3.88. The lowest BCUT2D eigenvalue weighted by Crippen LogP contribution is -2.23. The van der Waals surface area contributed by atoms with Crippen LogP contribution < -0.4 is 5.32 Å². The zero-order valence-electron chi connectivity index (χ0n) is 13.4. The van der Waals surface area contributed by atoms with Gasteiger partial charge in [-0.2, -0.15) is 0 Å². The fraction of sp³-hybridized carbons (Fsp3) is 0.0526. The van der Waals surface area contributed by atoms with Gasteiger partial charge in [-0.1, -0.05) is 47.7 Å². The van der Waals surface area contributed by atoms with Crippen LogP contribution in [0.2, 0.25) is 0 Å². The smallest absolute Gasteiger partial charge is 0.271 e. The number of hydrogen-bond acceptors (Lipinski definition) is 3. The number of hydrogen-bond donors (Lipinski definition) is 1. The van der Waals surface area contributed by atoms with E-state index in [9.17, 15) is 13.6 Å². The van der Waals surface area contributed by atoms with Gasteiger partial charge < -0.3 is 5.32 Å². The van der Waals surface area contributed by atoms with E-state index < -0.39 is 11.6 Å². The number of carbonyl (C=O) groups excluding carboxylic acids is 1. The van der Waals surface area contributed by atoms with Crippen molar-refractivity contribution in [2.75, 3.05) is 0 Å². The number of aromatic nitrogens is 2. The molecule has 0 bridgehead atoms. The van der Waals surface area contributed by atoms with Crippen LogP contribution in [-0.4, -0.2) is 15.3 Å². The van der Waals surface area contributed by atoms with Gasteiger partial charge in [-0.3, -0.25) is 9.20 Å². The fourth-order valence-corrected chi connectivity index (χ4v) is 3.54. The molecule has 4 rings (SSSR count). The van der Waals surface area contributed by atoms with E-state index in [0.29, 0.717) is 10.5 Å². The molecular formula is C19H13F2N3OS. The van der Waals surface area contributed by atoms with Crippen molar-refractivity contribution in [3.8, 4) is 10.4 Å². The Hall–Kier alpha value is -3.06. The molecule has 2 aromatic carbocycles. The van der Waals surface area contributed by atoms with Crippen LogP contribution in [0.15, 0.2) is 60.9 Å². The first kappa shape index (κ1) is 16.4. The van der Waals surface area contributed by atoms with Crippen LogP contribution in [0.1, 0.15) is 16.1 Å². The second-order valence-corrected chi connectivity index (χ2v) is 6.72. The van der Waals surface area contributed by atoms with Gasteiger partial charge in [-0.15, -0.1) is 0 Å². The molecule has 4 nitrogen and oxygen atoms in total. The molecule has 1 amide bonds. The van der Waals surface area contributed by atoms with Crippen LogP contribution in [0.3, 0.4) is 0 Å². The number of halogens is 2. The minimum Gasteiger partial charge on any atom is -0.347 e. The molecule has 7 heteroatoms. The van der Waals surface area contributed by atoms with Crippen molar-refractivity contribution in [2.45, 2.75) is 6.54 Å². The molecule has 0 saturated carbocycles. The second kappa shape index (κ2) is 6.68. The highest BCUT2D eigenvalue weighted by Crippen LogP contribution is 2.28. The zero-order valence-corrected chi connectivity index (χ0v) is 14.3. The van der Waals surface area contributed by atoms with Crippen LogP contribution in [0.5, 0.6) is 0 Å². The Balaban J connectivity index is 1.48. The van der Waals surface area contributed by atoms with Gasteiger partial charge in [-0.05, 0) is 23.3 Å². The molecule has 0 fully saturated rings. The van der Waals surface area contributed by atoms with Crippen LogP contribution in [0.4, 0.5) is 8.78 Å². The summed E-state index contributed by atoms with van der Waals surface area (Å²) in [7, 11) is 0. The van der Waals surface area contributed by atoms with Gasteiger partial charge in [0.05, 0.1) is 4.88 Å². The highest BCUT2D eigenvalue weighted by atomic mass is 32.1. The summed E-state index contributed by atoms with van der Waals surface area (Å²) in [6.45, 7) is 0.0937. The zero-order chi connectivity index (χ0) is 18.1. The lowest BCUT2D eigenvalue weighted by molar-refractivity contribution is 0.0946. The van der Waals surface area contributed by atoms with E-state index >= 15 is 0 Å². The summed E-state index contributed by atoms with van der Waals surface area (Å²) in [5.74, 6) is -2.22.